The minimum Gasteiger partial charge on any atom is -0.444 e. The smallest absolute Gasteiger partial charge is 0.410 e. The van der Waals surface area contributed by atoms with E-state index in [1.54, 1.807) is 4.90 Å². The van der Waals surface area contributed by atoms with Crippen molar-refractivity contribution < 1.29 is 14.3 Å². The van der Waals surface area contributed by atoms with Crippen molar-refractivity contribution >= 4 is 28.7 Å². The molecule has 3 heterocycles. The lowest BCUT2D eigenvalue weighted by Crippen LogP contribution is -2.50. The molecular formula is C21H30N6O3. The third kappa shape index (κ3) is 4.51. The third-order valence-corrected chi connectivity index (χ3v) is 5.37. The lowest BCUT2D eigenvalue weighted by Gasteiger charge is -2.36. The Kier molecular flexibility index (Phi) is 5.55. The first-order valence-corrected chi connectivity index (χ1v) is 10.5. The fourth-order valence-electron chi connectivity index (χ4n) is 3.79. The molecule has 2 aromatic rings. The van der Waals surface area contributed by atoms with Gasteiger partial charge in [-0.2, -0.15) is 0 Å². The maximum atomic E-state index is 12.7. The molecule has 2 aliphatic heterocycles. The number of rotatable bonds is 2. The molecule has 9 heteroatoms. The fraction of sp³-hybridized carbons (Fsp3) is 0.571. The van der Waals surface area contributed by atoms with Crippen molar-refractivity contribution in [1.82, 2.24) is 25.1 Å². The van der Waals surface area contributed by atoms with Crippen LogP contribution in [0.15, 0.2) is 18.2 Å². The van der Waals surface area contributed by atoms with Crippen LogP contribution in [0.5, 0.6) is 0 Å². The number of aromatic nitrogens is 2. The molecule has 162 valence electrons. The summed E-state index contributed by atoms with van der Waals surface area (Å²) in [6.07, 6.45) is -0.262. The average Bonchev–Trinajstić information content (AvgIpc) is 3.16. The summed E-state index contributed by atoms with van der Waals surface area (Å²) in [5.41, 5.74) is 2.20. The number of fused-ring (bicyclic) bond motifs is 1. The van der Waals surface area contributed by atoms with Gasteiger partial charge in [-0.1, -0.05) is 0 Å². The predicted octanol–water partition coefficient (Wildman–Crippen LogP) is 1.67. The van der Waals surface area contributed by atoms with Gasteiger partial charge in [-0.15, -0.1) is 0 Å². The van der Waals surface area contributed by atoms with Gasteiger partial charge in [-0.05, 0) is 39.0 Å². The first-order valence-electron chi connectivity index (χ1n) is 10.5. The van der Waals surface area contributed by atoms with Crippen molar-refractivity contribution in [3.05, 3.63) is 24.0 Å². The number of ether oxygens (including phenoxy) is 1. The molecule has 0 spiro atoms. The zero-order valence-electron chi connectivity index (χ0n) is 17.9. The van der Waals surface area contributed by atoms with Gasteiger partial charge in [0.25, 0.3) is 5.91 Å². The molecule has 0 unspecified atom stereocenters. The average molecular weight is 415 g/mol. The second kappa shape index (κ2) is 8.14. The van der Waals surface area contributed by atoms with Crippen molar-refractivity contribution in [2.24, 2.45) is 0 Å². The van der Waals surface area contributed by atoms with Crippen LogP contribution in [0.4, 0.5) is 10.5 Å². The minimum absolute atomic E-state index is 0.0553. The Morgan fingerprint density at radius 1 is 1.00 bits per heavy atom. The Balaban J connectivity index is 1.42. The normalized spacial score (nSPS) is 18.0. The maximum absolute atomic E-state index is 12.7. The molecule has 2 N–H and O–H groups in total. The highest BCUT2D eigenvalue weighted by Gasteiger charge is 2.26. The van der Waals surface area contributed by atoms with Crippen LogP contribution >= 0.6 is 0 Å². The molecule has 2 saturated heterocycles. The highest BCUT2D eigenvalue weighted by Crippen LogP contribution is 2.23. The zero-order chi connectivity index (χ0) is 21.3. The van der Waals surface area contributed by atoms with Crippen LogP contribution in [-0.2, 0) is 4.74 Å². The highest BCUT2D eigenvalue weighted by atomic mass is 16.6. The molecule has 0 saturated carbocycles. The lowest BCUT2D eigenvalue weighted by molar-refractivity contribution is 0.0240. The first kappa shape index (κ1) is 20.5. The van der Waals surface area contributed by atoms with E-state index in [-0.39, 0.29) is 12.0 Å². The summed E-state index contributed by atoms with van der Waals surface area (Å²) in [4.78, 5) is 38.4. The maximum Gasteiger partial charge on any atom is 0.410 e. The number of aromatic amines is 1. The summed E-state index contributed by atoms with van der Waals surface area (Å²) in [5.74, 6) is 0.332. The second-order valence-corrected chi connectivity index (χ2v) is 8.78. The van der Waals surface area contributed by atoms with Crippen LogP contribution in [0.25, 0.3) is 11.0 Å². The number of nitrogens with zero attached hydrogens (tertiary/aromatic N) is 4. The van der Waals surface area contributed by atoms with Gasteiger partial charge in [0, 0.05) is 58.0 Å². The van der Waals surface area contributed by atoms with Gasteiger partial charge in [-0.25, -0.2) is 9.78 Å². The Hall–Kier alpha value is -2.81. The van der Waals surface area contributed by atoms with Crippen LogP contribution in [-0.4, -0.2) is 89.7 Å². The van der Waals surface area contributed by atoms with Gasteiger partial charge >= 0.3 is 6.09 Å². The SMILES string of the molecule is CC(C)(C)OC(=O)N1CCN(c2ccc3nc(C(=O)N4CCNCC4)[nH]c3c2)CC1. The molecule has 9 nitrogen and oxygen atoms in total. The summed E-state index contributed by atoms with van der Waals surface area (Å²) < 4.78 is 5.47. The van der Waals surface area contributed by atoms with Crippen molar-refractivity contribution in [3.8, 4) is 0 Å². The van der Waals surface area contributed by atoms with E-state index in [2.05, 4.69) is 20.2 Å². The van der Waals surface area contributed by atoms with E-state index >= 15 is 0 Å². The number of piperazine rings is 2. The molecule has 2 fully saturated rings. The van der Waals surface area contributed by atoms with Gasteiger partial charge in [0.2, 0.25) is 0 Å². The van der Waals surface area contributed by atoms with E-state index in [1.807, 2.05) is 43.9 Å². The Morgan fingerprint density at radius 2 is 1.70 bits per heavy atom. The predicted molar refractivity (Wildman–Crippen MR) is 115 cm³/mol. The lowest BCUT2D eigenvalue weighted by atomic mass is 10.2. The third-order valence-electron chi connectivity index (χ3n) is 5.37. The number of H-pyrrole nitrogens is 1. The van der Waals surface area contributed by atoms with Gasteiger partial charge < -0.3 is 29.7 Å². The topological polar surface area (TPSA) is 93.8 Å². The van der Waals surface area contributed by atoms with Crippen molar-refractivity contribution in [2.45, 2.75) is 26.4 Å². The number of imidazole rings is 1. The number of hydrogen-bond acceptors (Lipinski definition) is 6. The monoisotopic (exact) mass is 414 g/mol. The summed E-state index contributed by atoms with van der Waals surface area (Å²) in [6, 6.07) is 5.99. The zero-order valence-corrected chi connectivity index (χ0v) is 17.9. The molecule has 4 rings (SSSR count). The molecule has 1 aromatic carbocycles. The minimum atomic E-state index is -0.486. The van der Waals surface area contributed by atoms with Gasteiger partial charge in [0.05, 0.1) is 11.0 Å². The molecule has 0 atom stereocenters. The van der Waals surface area contributed by atoms with Crippen LogP contribution in [0.2, 0.25) is 0 Å². The first-order chi connectivity index (χ1) is 14.3. The van der Waals surface area contributed by atoms with Crippen LogP contribution in [0.1, 0.15) is 31.4 Å². The molecule has 2 amide bonds. The molecule has 1 aromatic heterocycles. The van der Waals surface area contributed by atoms with E-state index in [9.17, 15) is 9.59 Å². The number of nitrogens with one attached hydrogen (secondary N) is 2. The molecule has 0 bridgehead atoms. The Bertz CT molecular complexity index is 920. The number of amides is 2. The highest BCUT2D eigenvalue weighted by molar-refractivity contribution is 5.94. The van der Waals surface area contributed by atoms with Crippen LogP contribution in [0, 0.1) is 0 Å². The Labute approximate surface area is 176 Å². The fourth-order valence-corrected chi connectivity index (χ4v) is 3.79. The van der Waals surface area contributed by atoms with Crippen LogP contribution < -0.4 is 10.2 Å². The van der Waals surface area contributed by atoms with Crippen molar-refractivity contribution in [1.29, 1.82) is 0 Å². The van der Waals surface area contributed by atoms with E-state index in [1.165, 1.54) is 0 Å². The second-order valence-electron chi connectivity index (χ2n) is 8.78. The molecule has 0 radical (unpaired) electrons. The number of anilines is 1. The van der Waals surface area contributed by atoms with E-state index in [4.69, 9.17) is 4.74 Å². The summed E-state index contributed by atoms with van der Waals surface area (Å²) in [5, 5.41) is 3.25. The van der Waals surface area contributed by atoms with E-state index < -0.39 is 5.60 Å². The van der Waals surface area contributed by atoms with E-state index in [0.29, 0.717) is 32.0 Å². The van der Waals surface area contributed by atoms with Crippen molar-refractivity contribution in [3.63, 3.8) is 0 Å². The number of benzene rings is 1. The number of carbonyl (C=O) groups excluding carboxylic acids is 2. The molecular weight excluding hydrogens is 384 g/mol. The standard InChI is InChI=1S/C21H30N6O3/c1-21(2,3)30-20(29)27-12-10-25(11-13-27)15-4-5-16-17(14-15)24-18(23-16)19(28)26-8-6-22-7-9-26/h4-5,14,22H,6-13H2,1-3H3,(H,23,24). The largest absolute Gasteiger partial charge is 0.444 e. The van der Waals surface area contributed by atoms with Gasteiger partial charge in [0.1, 0.15) is 5.60 Å². The summed E-state index contributed by atoms with van der Waals surface area (Å²) in [7, 11) is 0. The van der Waals surface area contributed by atoms with E-state index in [0.717, 1.165) is 42.9 Å². The van der Waals surface area contributed by atoms with Crippen molar-refractivity contribution in [2.75, 3.05) is 57.3 Å². The number of hydrogen-bond donors (Lipinski definition) is 2. The van der Waals surface area contributed by atoms with Gasteiger partial charge in [0.15, 0.2) is 5.82 Å². The van der Waals surface area contributed by atoms with Gasteiger partial charge in [-0.3, -0.25) is 4.79 Å². The quantitative estimate of drug-likeness (QED) is 0.776. The summed E-state index contributed by atoms with van der Waals surface area (Å²) in [6.45, 7) is 11.3. The molecule has 30 heavy (non-hydrogen) atoms. The summed E-state index contributed by atoms with van der Waals surface area (Å²) >= 11 is 0. The van der Waals surface area contributed by atoms with Crippen LogP contribution in [0.3, 0.4) is 0 Å². The molecule has 2 aliphatic rings. The Morgan fingerprint density at radius 3 is 2.37 bits per heavy atom. The number of carbonyl (C=O) groups is 2. The molecule has 0 aliphatic carbocycles.